The number of hydrogen-bond acceptors (Lipinski definition) is 4. The van der Waals surface area contributed by atoms with E-state index in [9.17, 15) is 4.79 Å². The molecule has 0 spiro atoms. The zero-order chi connectivity index (χ0) is 15.0. The van der Waals surface area contributed by atoms with Gasteiger partial charge in [-0.25, -0.2) is 0 Å². The van der Waals surface area contributed by atoms with Crippen LogP contribution in [0.4, 0.5) is 0 Å². The molecule has 0 atom stereocenters. The van der Waals surface area contributed by atoms with Crippen molar-refractivity contribution in [3.63, 3.8) is 0 Å². The molecule has 20 heavy (non-hydrogen) atoms. The lowest BCUT2D eigenvalue weighted by Gasteiger charge is -2.12. The number of carbonyl (C=O) groups is 1. The molecule has 1 amide bonds. The summed E-state index contributed by atoms with van der Waals surface area (Å²) in [6.07, 6.45) is 1.40. The molecule has 0 bridgehead atoms. The third kappa shape index (κ3) is 5.09. The third-order valence-electron chi connectivity index (χ3n) is 3.05. The van der Waals surface area contributed by atoms with E-state index in [0.29, 0.717) is 13.0 Å². The van der Waals surface area contributed by atoms with Crippen LogP contribution >= 0.6 is 0 Å². The van der Waals surface area contributed by atoms with Crippen LogP contribution in [0.2, 0.25) is 0 Å². The predicted octanol–water partition coefficient (Wildman–Crippen LogP) is 1.66. The van der Waals surface area contributed by atoms with Gasteiger partial charge in [-0.05, 0) is 19.0 Å². The molecule has 1 aromatic rings. The van der Waals surface area contributed by atoms with Gasteiger partial charge in [0.25, 0.3) is 0 Å². The van der Waals surface area contributed by atoms with Crippen LogP contribution in [0.5, 0.6) is 11.5 Å². The Labute approximate surface area is 120 Å². The highest BCUT2D eigenvalue weighted by Gasteiger charge is 2.05. The first-order valence-electron chi connectivity index (χ1n) is 6.70. The second kappa shape index (κ2) is 8.43. The van der Waals surface area contributed by atoms with Crippen LogP contribution in [0, 0.1) is 0 Å². The molecule has 0 saturated heterocycles. The van der Waals surface area contributed by atoms with Gasteiger partial charge in [0, 0.05) is 38.7 Å². The summed E-state index contributed by atoms with van der Waals surface area (Å²) in [5.41, 5.74) is 1.08. The first kappa shape index (κ1) is 16.3. The van der Waals surface area contributed by atoms with Gasteiger partial charge in [0.2, 0.25) is 5.91 Å². The van der Waals surface area contributed by atoms with E-state index in [1.165, 1.54) is 0 Å². The van der Waals surface area contributed by atoms with Gasteiger partial charge >= 0.3 is 0 Å². The fourth-order valence-electron chi connectivity index (χ4n) is 1.81. The van der Waals surface area contributed by atoms with Crippen molar-refractivity contribution in [3.05, 3.63) is 23.8 Å². The average molecular weight is 280 g/mol. The Morgan fingerprint density at radius 2 is 2.00 bits per heavy atom. The highest BCUT2D eigenvalue weighted by molar-refractivity contribution is 5.75. The first-order valence-corrected chi connectivity index (χ1v) is 6.70. The molecule has 1 aromatic carbocycles. The molecular weight excluding hydrogens is 256 g/mol. The molecule has 0 aliphatic heterocycles. The normalized spacial score (nSPS) is 10.2. The summed E-state index contributed by atoms with van der Waals surface area (Å²) < 4.78 is 10.5. The highest BCUT2D eigenvalue weighted by Crippen LogP contribution is 2.24. The molecule has 112 valence electrons. The molecule has 0 aliphatic carbocycles. The zero-order valence-corrected chi connectivity index (χ0v) is 12.7. The van der Waals surface area contributed by atoms with Crippen molar-refractivity contribution in [2.45, 2.75) is 19.4 Å². The van der Waals surface area contributed by atoms with Crippen LogP contribution in [-0.4, -0.2) is 45.7 Å². The Balaban J connectivity index is 2.37. The van der Waals surface area contributed by atoms with Crippen molar-refractivity contribution in [3.8, 4) is 11.5 Å². The molecule has 0 heterocycles. The summed E-state index contributed by atoms with van der Waals surface area (Å²) in [6, 6.07) is 5.76. The zero-order valence-electron chi connectivity index (χ0n) is 12.7. The maximum absolute atomic E-state index is 11.4. The molecule has 1 rings (SSSR count). The lowest BCUT2D eigenvalue weighted by atomic mass is 10.2. The van der Waals surface area contributed by atoms with Crippen molar-refractivity contribution in [2.24, 2.45) is 0 Å². The summed E-state index contributed by atoms with van der Waals surface area (Å²) >= 11 is 0. The van der Waals surface area contributed by atoms with Crippen molar-refractivity contribution >= 4 is 5.91 Å². The molecule has 1 N–H and O–H groups in total. The number of carbonyl (C=O) groups excluding carboxylic acids is 1. The maximum Gasteiger partial charge on any atom is 0.222 e. The molecule has 5 heteroatoms. The van der Waals surface area contributed by atoms with Gasteiger partial charge < -0.3 is 19.7 Å². The van der Waals surface area contributed by atoms with E-state index in [-0.39, 0.29) is 5.91 Å². The van der Waals surface area contributed by atoms with Crippen LogP contribution < -0.4 is 14.8 Å². The van der Waals surface area contributed by atoms with E-state index in [1.807, 2.05) is 18.2 Å². The van der Waals surface area contributed by atoms with Crippen molar-refractivity contribution in [1.29, 1.82) is 0 Å². The topological polar surface area (TPSA) is 50.8 Å². The summed E-state index contributed by atoms with van der Waals surface area (Å²) in [6.45, 7) is 1.51. The van der Waals surface area contributed by atoms with Gasteiger partial charge in [0.05, 0.1) is 14.2 Å². The second-order valence-corrected chi connectivity index (χ2v) is 4.75. The minimum Gasteiger partial charge on any atom is -0.497 e. The van der Waals surface area contributed by atoms with E-state index < -0.39 is 0 Å². The molecule has 0 aliphatic rings. The van der Waals surface area contributed by atoms with E-state index in [4.69, 9.17) is 9.47 Å². The smallest absolute Gasteiger partial charge is 0.222 e. The molecule has 5 nitrogen and oxygen atoms in total. The van der Waals surface area contributed by atoms with Gasteiger partial charge in [-0.3, -0.25) is 4.79 Å². The summed E-state index contributed by atoms with van der Waals surface area (Å²) in [4.78, 5) is 13.0. The van der Waals surface area contributed by atoms with E-state index in [0.717, 1.165) is 30.0 Å². The molecule has 0 aromatic heterocycles. The molecule has 0 unspecified atom stereocenters. The number of nitrogens with zero attached hydrogens (tertiary/aromatic N) is 1. The van der Waals surface area contributed by atoms with E-state index in [1.54, 1.807) is 33.2 Å². The fraction of sp³-hybridized carbons (Fsp3) is 0.533. The lowest BCUT2D eigenvalue weighted by Crippen LogP contribution is -2.23. The Morgan fingerprint density at radius 3 is 2.60 bits per heavy atom. The number of methoxy groups -OCH3 is 2. The van der Waals surface area contributed by atoms with Crippen LogP contribution in [0.3, 0.4) is 0 Å². The van der Waals surface area contributed by atoms with E-state index in [2.05, 4.69) is 5.32 Å². The SMILES string of the molecule is COc1ccc(CNCCCC(=O)N(C)C)c(OC)c1. The van der Waals surface area contributed by atoms with Crippen LogP contribution in [-0.2, 0) is 11.3 Å². The molecule has 0 fully saturated rings. The van der Waals surface area contributed by atoms with Crippen molar-refractivity contribution in [2.75, 3.05) is 34.9 Å². The standard InChI is InChI=1S/C15H24N2O3/c1-17(2)15(18)6-5-9-16-11-12-7-8-13(19-3)10-14(12)20-4/h7-8,10,16H,5-6,9,11H2,1-4H3. The van der Waals surface area contributed by atoms with Gasteiger partial charge in [-0.2, -0.15) is 0 Å². The Hall–Kier alpha value is -1.75. The number of rotatable bonds is 8. The minimum absolute atomic E-state index is 0.161. The second-order valence-electron chi connectivity index (χ2n) is 4.75. The molecular formula is C15H24N2O3. The number of ether oxygens (including phenoxy) is 2. The van der Waals surface area contributed by atoms with Crippen molar-refractivity contribution < 1.29 is 14.3 Å². The summed E-state index contributed by atoms with van der Waals surface area (Å²) in [5.74, 6) is 1.75. The Kier molecular flexibility index (Phi) is 6.87. The Morgan fingerprint density at radius 1 is 1.25 bits per heavy atom. The molecule has 0 radical (unpaired) electrons. The summed E-state index contributed by atoms with van der Waals surface area (Å²) in [5, 5.41) is 3.32. The quantitative estimate of drug-likeness (QED) is 0.736. The highest BCUT2D eigenvalue weighted by atomic mass is 16.5. The van der Waals surface area contributed by atoms with E-state index >= 15 is 0 Å². The van der Waals surface area contributed by atoms with Gasteiger partial charge in [-0.1, -0.05) is 6.07 Å². The van der Waals surface area contributed by atoms with Crippen LogP contribution in [0.1, 0.15) is 18.4 Å². The Bertz CT molecular complexity index is 433. The molecule has 0 saturated carbocycles. The maximum atomic E-state index is 11.4. The lowest BCUT2D eigenvalue weighted by molar-refractivity contribution is -0.128. The minimum atomic E-state index is 0.161. The van der Waals surface area contributed by atoms with Gasteiger partial charge in [-0.15, -0.1) is 0 Å². The van der Waals surface area contributed by atoms with Gasteiger partial charge in [0.1, 0.15) is 11.5 Å². The first-order chi connectivity index (χ1) is 9.58. The number of hydrogen-bond donors (Lipinski definition) is 1. The monoisotopic (exact) mass is 280 g/mol. The predicted molar refractivity (Wildman–Crippen MR) is 79.2 cm³/mol. The van der Waals surface area contributed by atoms with Crippen LogP contribution in [0.15, 0.2) is 18.2 Å². The average Bonchev–Trinajstić information content (AvgIpc) is 2.46. The largest absolute Gasteiger partial charge is 0.497 e. The third-order valence-corrected chi connectivity index (χ3v) is 3.05. The number of amides is 1. The van der Waals surface area contributed by atoms with Crippen LogP contribution in [0.25, 0.3) is 0 Å². The van der Waals surface area contributed by atoms with Crippen molar-refractivity contribution in [1.82, 2.24) is 10.2 Å². The van der Waals surface area contributed by atoms with Gasteiger partial charge in [0.15, 0.2) is 0 Å². The number of nitrogens with one attached hydrogen (secondary N) is 1. The fourth-order valence-corrected chi connectivity index (χ4v) is 1.81. The number of benzene rings is 1. The summed E-state index contributed by atoms with van der Waals surface area (Å²) in [7, 11) is 6.83.